The molecule has 2 aromatic heterocycles. The average molecular weight is 158 g/mol. The molecule has 0 unspecified atom stereocenters. The zero-order chi connectivity index (χ0) is 6.27. The molecule has 0 aliphatic heterocycles. The summed E-state index contributed by atoms with van der Waals surface area (Å²) in [5.41, 5.74) is 0.741. The minimum absolute atomic E-state index is 0.717. The van der Waals surface area contributed by atoms with E-state index in [0.29, 0.717) is 3.95 Å². The maximum Gasteiger partial charge on any atom is 0.191 e. The van der Waals surface area contributed by atoms with Crippen molar-refractivity contribution in [1.29, 1.82) is 0 Å². The third kappa shape index (κ3) is 0.672. The van der Waals surface area contributed by atoms with E-state index in [2.05, 4.69) is 20.4 Å². The molecule has 0 amide bonds. The van der Waals surface area contributed by atoms with Crippen LogP contribution in [0.5, 0.6) is 0 Å². The molecule has 0 saturated heterocycles. The van der Waals surface area contributed by atoms with Gasteiger partial charge in [-0.1, -0.05) is 11.3 Å². The minimum Gasteiger partial charge on any atom is -0.319 e. The standard InChI is InChI=1S/C3H2N4S2/c8-3-4-1-2(9-3)6-7-5-1/h(H2,4,5,6,7,8). The van der Waals surface area contributed by atoms with Gasteiger partial charge in [0.2, 0.25) is 0 Å². The summed E-state index contributed by atoms with van der Waals surface area (Å²) >= 11 is 6.25. The Morgan fingerprint density at radius 2 is 2.33 bits per heavy atom. The maximum atomic E-state index is 4.84. The number of rotatable bonds is 0. The van der Waals surface area contributed by atoms with Gasteiger partial charge < -0.3 is 4.98 Å². The second kappa shape index (κ2) is 1.61. The Labute approximate surface area is 58.9 Å². The van der Waals surface area contributed by atoms with Gasteiger partial charge in [-0.05, 0) is 12.2 Å². The summed E-state index contributed by atoms with van der Waals surface area (Å²) in [5, 5.41) is 10.1. The normalized spacial score (nSPS) is 10.7. The Morgan fingerprint density at radius 1 is 1.44 bits per heavy atom. The van der Waals surface area contributed by atoms with E-state index in [1.54, 1.807) is 0 Å². The van der Waals surface area contributed by atoms with E-state index in [1.165, 1.54) is 11.3 Å². The summed E-state index contributed by atoms with van der Waals surface area (Å²) < 4.78 is 0.717. The molecule has 0 bridgehead atoms. The molecule has 0 radical (unpaired) electrons. The zero-order valence-electron chi connectivity index (χ0n) is 4.21. The van der Waals surface area contributed by atoms with E-state index in [-0.39, 0.29) is 0 Å². The van der Waals surface area contributed by atoms with Crippen LogP contribution in [0.15, 0.2) is 0 Å². The van der Waals surface area contributed by atoms with Crippen molar-refractivity contribution in [1.82, 2.24) is 20.4 Å². The van der Waals surface area contributed by atoms with Crippen molar-refractivity contribution in [3.63, 3.8) is 0 Å². The number of nitrogens with one attached hydrogen (secondary N) is 2. The number of hydrogen-bond acceptors (Lipinski definition) is 4. The second-order valence-electron chi connectivity index (χ2n) is 1.49. The first-order chi connectivity index (χ1) is 4.36. The predicted octanol–water partition coefficient (Wildman–Crippen LogP) is 1.08. The lowest BCUT2D eigenvalue weighted by atomic mass is 10.8. The van der Waals surface area contributed by atoms with Crippen LogP contribution in [0, 0.1) is 3.95 Å². The summed E-state index contributed by atoms with van der Waals surface area (Å²) in [5.74, 6) is 0. The van der Waals surface area contributed by atoms with Gasteiger partial charge >= 0.3 is 0 Å². The predicted molar refractivity (Wildman–Crippen MR) is 37.0 cm³/mol. The van der Waals surface area contributed by atoms with Crippen LogP contribution < -0.4 is 0 Å². The highest BCUT2D eigenvalue weighted by molar-refractivity contribution is 7.73. The van der Waals surface area contributed by atoms with Crippen molar-refractivity contribution in [2.75, 3.05) is 0 Å². The molecule has 0 saturated carbocycles. The summed E-state index contributed by atoms with van der Waals surface area (Å²) in [6.07, 6.45) is 0. The van der Waals surface area contributed by atoms with E-state index >= 15 is 0 Å². The molecule has 9 heavy (non-hydrogen) atoms. The van der Waals surface area contributed by atoms with Crippen molar-refractivity contribution in [3.05, 3.63) is 3.95 Å². The van der Waals surface area contributed by atoms with Crippen molar-refractivity contribution >= 4 is 34.0 Å². The molecule has 0 fully saturated rings. The SMILES string of the molecule is S=c1[nH]c2n[nH]nc2s1. The van der Waals surface area contributed by atoms with Gasteiger partial charge in [-0.25, -0.2) is 0 Å². The van der Waals surface area contributed by atoms with E-state index < -0.39 is 0 Å². The highest BCUT2D eigenvalue weighted by Crippen LogP contribution is 2.11. The third-order valence-corrected chi connectivity index (χ3v) is 2.04. The van der Waals surface area contributed by atoms with Crippen LogP contribution in [0.25, 0.3) is 10.5 Å². The third-order valence-electron chi connectivity index (χ3n) is 0.926. The van der Waals surface area contributed by atoms with Crippen LogP contribution in [0.2, 0.25) is 0 Å². The lowest BCUT2D eigenvalue weighted by Crippen LogP contribution is -1.68. The molecule has 6 heteroatoms. The lowest BCUT2D eigenvalue weighted by molar-refractivity contribution is 0.954. The van der Waals surface area contributed by atoms with Crippen LogP contribution in [0.4, 0.5) is 0 Å². The Bertz CT molecular complexity index is 336. The molecular weight excluding hydrogens is 156 g/mol. The molecule has 0 aliphatic rings. The molecule has 0 spiro atoms. The van der Waals surface area contributed by atoms with Crippen LogP contribution in [0.3, 0.4) is 0 Å². The number of aromatic amines is 2. The van der Waals surface area contributed by atoms with Crippen molar-refractivity contribution in [3.8, 4) is 0 Å². The first kappa shape index (κ1) is 5.07. The summed E-state index contributed by atoms with van der Waals surface area (Å²) in [4.78, 5) is 3.70. The van der Waals surface area contributed by atoms with Crippen LogP contribution in [-0.4, -0.2) is 20.4 Å². The van der Waals surface area contributed by atoms with Crippen molar-refractivity contribution in [2.45, 2.75) is 0 Å². The van der Waals surface area contributed by atoms with Gasteiger partial charge in [0.25, 0.3) is 0 Å². The number of H-pyrrole nitrogens is 2. The Kier molecular flexibility index (Phi) is 0.908. The zero-order valence-corrected chi connectivity index (χ0v) is 5.84. The molecule has 2 rings (SSSR count). The first-order valence-electron chi connectivity index (χ1n) is 2.26. The monoisotopic (exact) mass is 158 g/mol. The quantitative estimate of drug-likeness (QED) is 0.564. The number of aromatic nitrogens is 4. The molecule has 2 heterocycles. The van der Waals surface area contributed by atoms with Gasteiger partial charge in [0, 0.05) is 0 Å². The molecule has 0 aliphatic carbocycles. The first-order valence-corrected chi connectivity index (χ1v) is 3.48. The number of fused-ring (bicyclic) bond motifs is 1. The van der Waals surface area contributed by atoms with Crippen LogP contribution in [-0.2, 0) is 0 Å². The fraction of sp³-hybridized carbons (Fsp3) is 0. The number of hydrogen-bond donors (Lipinski definition) is 2. The summed E-state index contributed by atoms with van der Waals surface area (Å²) in [7, 11) is 0. The van der Waals surface area contributed by atoms with Gasteiger partial charge in [-0.2, -0.15) is 5.21 Å². The van der Waals surface area contributed by atoms with Gasteiger partial charge in [0.05, 0.1) is 0 Å². The molecule has 0 aromatic carbocycles. The molecule has 4 nitrogen and oxygen atoms in total. The summed E-state index contributed by atoms with van der Waals surface area (Å²) in [6, 6.07) is 0. The largest absolute Gasteiger partial charge is 0.319 e. The highest BCUT2D eigenvalue weighted by Gasteiger charge is 1.97. The van der Waals surface area contributed by atoms with Crippen molar-refractivity contribution in [2.24, 2.45) is 0 Å². The Balaban J connectivity index is 3.08. The van der Waals surface area contributed by atoms with Crippen LogP contribution >= 0.6 is 23.6 Å². The average Bonchev–Trinajstić information content (AvgIpc) is 2.22. The second-order valence-corrected chi connectivity index (χ2v) is 3.16. The van der Waals surface area contributed by atoms with Crippen LogP contribution in [0.1, 0.15) is 0 Å². The van der Waals surface area contributed by atoms with Gasteiger partial charge in [-0.15, -0.1) is 10.2 Å². The fourth-order valence-electron chi connectivity index (χ4n) is 0.584. The number of thiazole rings is 1. The fourth-order valence-corrected chi connectivity index (χ4v) is 1.52. The van der Waals surface area contributed by atoms with Crippen molar-refractivity contribution < 1.29 is 0 Å². The molecule has 46 valence electrons. The highest BCUT2D eigenvalue weighted by atomic mass is 32.1. The van der Waals surface area contributed by atoms with E-state index in [0.717, 1.165) is 10.5 Å². The van der Waals surface area contributed by atoms with E-state index in [4.69, 9.17) is 12.2 Å². The molecule has 0 atom stereocenters. The topological polar surface area (TPSA) is 57.4 Å². The lowest BCUT2D eigenvalue weighted by Gasteiger charge is -1.63. The number of nitrogens with zero attached hydrogens (tertiary/aromatic N) is 2. The molecule has 2 aromatic rings. The minimum atomic E-state index is 0.717. The molecule has 2 N–H and O–H groups in total. The Morgan fingerprint density at radius 3 is 3.11 bits per heavy atom. The van der Waals surface area contributed by atoms with Gasteiger partial charge in [-0.3, -0.25) is 0 Å². The smallest absolute Gasteiger partial charge is 0.191 e. The van der Waals surface area contributed by atoms with Gasteiger partial charge in [0.15, 0.2) is 14.4 Å². The molecular formula is C3H2N4S2. The van der Waals surface area contributed by atoms with E-state index in [9.17, 15) is 0 Å². The van der Waals surface area contributed by atoms with Gasteiger partial charge in [0.1, 0.15) is 0 Å². The summed E-state index contributed by atoms with van der Waals surface area (Å²) in [6.45, 7) is 0. The van der Waals surface area contributed by atoms with E-state index in [1.807, 2.05) is 0 Å². The Hall–Kier alpha value is -0.750. The maximum absolute atomic E-state index is 4.84.